The van der Waals surface area contributed by atoms with E-state index in [1.165, 1.54) is 6.07 Å². The number of rotatable bonds is 3. The highest BCUT2D eigenvalue weighted by molar-refractivity contribution is 6.33. The second kappa shape index (κ2) is 4.59. The van der Waals surface area contributed by atoms with Crippen LogP contribution in [0.3, 0.4) is 0 Å². The average Bonchev–Trinajstić information content (AvgIpc) is 2.11. The summed E-state index contributed by atoms with van der Waals surface area (Å²) in [5.74, 6) is 4.89. The maximum Gasteiger partial charge on any atom is 0.128 e. The number of hydrogen-bond donors (Lipinski definition) is 2. The van der Waals surface area contributed by atoms with E-state index in [-0.39, 0.29) is 5.82 Å². The molecule has 0 fully saturated rings. The zero-order chi connectivity index (χ0) is 10.7. The molecule has 0 spiro atoms. The largest absolute Gasteiger partial charge is 0.359 e. The molecule has 0 heterocycles. The van der Waals surface area contributed by atoms with Gasteiger partial charge in [0.25, 0.3) is 0 Å². The van der Waals surface area contributed by atoms with E-state index in [4.69, 9.17) is 17.4 Å². The molecular formula is C9H13ClFN3. The minimum atomic E-state index is -0.270. The SMILES string of the molecule is Cc1cc(Cl)c(N(C)CNN)cc1F. The summed E-state index contributed by atoms with van der Waals surface area (Å²) in [5.41, 5.74) is 3.63. The van der Waals surface area contributed by atoms with Crippen molar-refractivity contribution in [2.24, 2.45) is 5.84 Å². The van der Waals surface area contributed by atoms with E-state index in [1.54, 1.807) is 24.9 Å². The van der Waals surface area contributed by atoms with Gasteiger partial charge >= 0.3 is 0 Å². The van der Waals surface area contributed by atoms with Gasteiger partial charge in [-0.05, 0) is 24.6 Å². The lowest BCUT2D eigenvalue weighted by molar-refractivity contribution is 0.617. The minimum Gasteiger partial charge on any atom is -0.359 e. The Morgan fingerprint density at radius 1 is 1.57 bits per heavy atom. The fourth-order valence-corrected chi connectivity index (χ4v) is 1.51. The second-order valence-electron chi connectivity index (χ2n) is 3.11. The Hall–Kier alpha value is -0.840. The van der Waals surface area contributed by atoms with Crippen molar-refractivity contribution in [2.45, 2.75) is 6.92 Å². The molecule has 14 heavy (non-hydrogen) atoms. The van der Waals surface area contributed by atoms with Gasteiger partial charge in [-0.25, -0.2) is 9.82 Å². The van der Waals surface area contributed by atoms with Crippen LogP contribution in [0.1, 0.15) is 5.56 Å². The number of hydrogen-bond acceptors (Lipinski definition) is 3. The van der Waals surface area contributed by atoms with Crippen LogP contribution in [0, 0.1) is 12.7 Å². The lowest BCUT2D eigenvalue weighted by atomic mass is 10.2. The summed E-state index contributed by atoms with van der Waals surface area (Å²) in [5, 5.41) is 0.515. The van der Waals surface area contributed by atoms with E-state index in [9.17, 15) is 4.39 Å². The Bertz CT molecular complexity index is 330. The van der Waals surface area contributed by atoms with Crippen LogP contribution in [-0.4, -0.2) is 13.7 Å². The van der Waals surface area contributed by atoms with Crippen molar-refractivity contribution < 1.29 is 4.39 Å². The van der Waals surface area contributed by atoms with Crippen molar-refractivity contribution in [3.63, 3.8) is 0 Å². The van der Waals surface area contributed by atoms with Gasteiger partial charge in [0.2, 0.25) is 0 Å². The summed E-state index contributed by atoms with van der Waals surface area (Å²) < 4.78 is 13.2. The number of nitrogens with one attached hydrogen (secondary N) is 1. The molecule has 0 atom stereocenters. The summed E-state index contributed by atoms with van der Waals surface area (Å²) in [6.45, 7) is 2.08. The zero-order valence-corrected chi connectivity index (χ0v) is 8.90. The monoisotopic (exact) mass is 217 g/mol. The number of benzene rings is 1. The van der Waals surface area contributed by atoms with Crippen molar-refractivity contribution in [1.29, 1.82) is 0 Å². The Morgan fingerprint density at radius 3 is 2.79 bits per heavy atom. The molecule has 0 saturated carbocycles. The van der Waals surface area contributed by atoms with Crippen molar-refractivity contribution in [2.75, 3.05) is 18.6 Å². The van der Waals surface area contributed by atoms with E-state index in [0.29, 0.717) is 22.9 Å². The first-order valence-corrected chi connectivity index (χ1v) is 4.54. The number of anilines is 1. The molecule has 1 rings (SSSR count). The maximum absolute atomic E-state index is 13.2. The van der Waals surface area contributed by atoms with Crippen LogP contribution in [0.2, 0.25) is 5.02 Å². The standard InChI is InChI=1S/C9H13ClFN3/c1-6-3-7(10)9(4-8(6)11)14(2)5-13-12/h3-4,13H,5,12H2,1-2H3. The van der Waals surface area contributed by atoms with Crippen LogP contribution < -0.4 is 16.2 Å². The first-order chi connectivity index (χ1) is 6.56. The van der Waals surface area contributed by atoms with Gasteiger partial charge < -0.3 is 4.90 Å². The molecule has 0 aromatic heterocycles. The molecule has 3 nitrogen and oxygen atoms in total. The molecule has 0 saturated heterocycles. The van der Waals surface area contributed by atoms with Gasteiger partial charge in [0.15, 0.2) is 0 Å². The van der Waals surface area contributed by atoms with Crippen LogP contribution in [0.15, 0.2) is 12.1 Å². The second-order valence-corrected chi connectivity index (χ2v) is 3.52. The molecule has 78 valence electrons. The molecule has 1 aromatic rings. The summed E-state index contributed by atoms with van der Waals surface area (Å²) in [6.07, 6.45) is 0. The predicted molar refractivity (Wildman–Crippen MR) is 56.7 cm³/mol. The molecule has 0 aliphatic rings. The van der Waals surface area contributed by atoms with Gasteiger partial charge in [0, 0.05) is 7.05 Å². The summed E-state index contributed by atoms with van der Waals surface area (Å²) >= 11 is 5.96. The van der Waals surface area contributed by atoms with Crippen molar-refractivity contribution in [3.05, 3.63) is 28.5 Å². The molecule has 0 unspecified atom stereocenters. The zero-order valence-electron chi connectivity index (χ0n) is 8.14. The number of nitrogens with two attached hydrogens (primary N) is 1. The van der Waals surface area contributed by atoms with E-state index >= 15 is 0 Å². The van der Waals surface area contributed by atoms with E-state index in [1.807, 2.05) is 0 Å². The van der Waals surface area contributed by atoms with Gasteiger partial charge in [-0.15, -0.1) is 0 Å². The quantitative estimate of drug-likeness (QED) is 0.460. The number of halogens is 2. The Balaban J connectivity index is 3.02. The lowest BCUT2D eigenvalue weighted by Gasteiger charge is -2.20. The molecule has 0 radical (unpaired) electrons. The lowest BCUT2D eigenvalue weighted by Crippen LogP contribution is -2.35. The van der Waals surface area contributed by atoms with Gasteiger partial charge in [0.05, 0.1) is 17.4 Å². The molecule has 0 amide bonds. The van der Waals surface area contributed by atoms with Crippen molar-refractivity contribution in [3.8, 4) is 0 Å². The fourth-order valence-electron chi connectivity index (χ4n) is 1.15. The highest BCUT2D eigenvalue weighted by Gasteiger charge is 2.08. The Labute approximate surface area is 87.6 Å². The van der Waals surface area contributed by atoms with Crippen molar-refractivity contribution >= 4 is 17.3 Å². The predicted octanol–water partition coefficient (Wildman–Crippen LogP) is 1.64. The molecule has 3 N–H and O–H groups in total. The minimum absolute atomic E-state index is 0.270. The summed E-state index contributed by atoms with van der Waals surface area (Å²) in [4.78, 5) is 1.73. The first-order valence-electron chi connectivity index (χ1n) is 4.16. The third-order valence-corrected chi connectivity index (χ3v) is 2.27. The molecular weight excluding hydrogens is 205 g/mol. The molecule has 0 aliphatic carbocycles. The van der Waals surface area contributed by atoms with Gasteiger partial charge in [-0.3, -0.25) is 5.84 Å². The number of aryl methyl sites for hydroxylation is 1. The van der Waals surface area contributed by atoms with E-state index in [0.717, 1.165) is 0 Å². The topological polar surface area (TPSA) is 41.3 Å². The van der Waals surface area contributed by atoms with Gasteiger partial charge in [-0.2, -0.15) is 0 Å². The smallest absolute Gasteiger partial charge is 0.128 e. The van der Waals surface area contributed by atoms with Crippen LogP contribution in [-0.2, 0) is 0 Å². The fraction of sp³-hybridized carbons (Fsp3) is 0.333. The highest BCUT2D eigenvalue weighted by Crippen LogP contribution is 2.27. The normalized spacial score (nSPS) is 10.4. The van der Waals surface area contributed by atoms with Gasteiger partial charge in [-0.1, -0.05) is 11.6 Å². The van der Waals surface area contributed by atoms with Crippen LogP contribution >= 0.6 is 11.6 Å². The van der Waals surface area contributed by atoms with Gasteiger partial charge in [0.1, 0.15) is 5.82 Å². The Kier molecular flexibility index (Phi) is 3.69. The molecule has 0 bridgehead atoms. The number of nitrogens with zero attached hydrogens (tertiary/aromatic N) is 1. The molecule has 0 aliphatic heterocycles. The van der Waals surface area contributed by atoms with Crippen molar-refractivity contribution in [1.82, 2.24) is 5.43 Å². The van der Waals surface area contributed by atoms with Crippen LogP contribution in [0.25, 0.3) is 0 Å². The van der Waals surface area contributed by atoms with Crippen LogP contribution in [0.4, 0.5) is 10.1 Å². The summed E-state index contributed by atoms with van der Waals surface area (Å²) in [6, 6.07) is 2.99. The molecule has 1 aromatic carbocycles. The highest BCUT2D eigenvalue weighted by atomic mass is 35.5. The third kappa shape index (κ3) is 2.35. The van der Waals surface area contributed by atoms with E-state index in [2.05, 4.69) is 5.43 Å². The third-order valence-electron chi connectivity index (χ3n) is 1.97. The Morgan fingerprint density at radius 2 is 2.21 bits per heavy atom. The maximum atomic E-state index is 13.2. The molecule has 5 heteroatoms. The average molecular weight is 218 g/mol. The van der Waals surface area contributed by atoms with E-state index < -0.39 is 0 Å². The summed E-state index contributed by atoms with van der Waals surface area (Å²) in [7, 11) is 1.77. The first kappa shape index (κ1) is 11.2. The number of hydrazine groups is 1. The van der Waals surface area contributed by atoms with Crippen LogP contribution in [0.5, 0.6) is 0 Å².